The molecule has 2 aliphatic carbocycles. The van der Waals surface area contributed by atoms with Crippen LogP contribution >= 0.6 is 0 Å². The van der Waals surface area contributed by atoms with Gasteiger partial charge in [0.25, 0.3) is 0 Å². The van der Waals surface area contributed by atoms with Crippen LogP contribution in [0.3, 0.4) is 0 Å². The second-order valence-corrected chi connectivity index (χ2v) is 9.72. The lowest BCUT2D eigenvalue weighted by Gasteiger charge is -2.56. The first-order valence-corrected chi connectivity index (χ1v) is 11.0. The number of aromatic amines is 1. The minimum atomic E-state index is -0.970. The molecule has 1 aliphatic heterocycles. The first-order valence-electron chi connectivity index (χ1n) is 11.0. The average molecular weight is 407 g/mol. The molecule has 3 aromatic rings. The maximum Gasteiger partial charge on any atom is 0.123 e. The number of aromatic hydroxyl groups is 1. The number of fused-ring (bicyclic) bond motifs is 4. The van der Waals surface area contributed by atoms with E-state index in [1.807, 2.05) is 18.2 Å². The number of likely N-dealkylation sites (tertiary alicyclic amines) is 1. The molecular formula is C25H27FN2O2. The van der Waals surface area contributed by atoms with Crippen molar-refractivity contribution in [1.82, 2.24) is 9.88 Å². The van der Waals surface area contributed by atoms with E-state index in [9.17, 15) is 14.6 Å². The van der Waals surface area contributed by atoms with E-state index in [1.165, 1.54) is 18.9 Å². The van der Waals surface area contributed by atoms with E-state index in [1.54, 1.807) is 18.2 Å². The first-order chi connectivity index (χ1) is 14.5. The summed E-state index contributed by atoms with van der Waals surface area (Å²) in [6.45, 7) is 2.60. The van der Waals surface area contributed by atoms with Crippen molar-refractivity contribution in [3.63, 3.8) is 0 Å². The van der Waals surface area contributed by atoms with Crippen molar-refractivity contribution in [3.8, 4) is 5.75 Å². The van der Waals surface area contributed by atoms with Crippen LogP contribution in [0.15, 0.2) is 42.5 Å². The Balaban J connectivity index is 1.50. The maximum absolute atomic E-state index is 14.0. The van der Waals surface area contributed by atoms with E-state index in [0.717, 1.165) is 53.2 Å². The van der Waals surface area contributed by atoms with Gasteiger partial charge in [0.2, 0.25) is 0 Å². The van der Waals surface area contributed by atoms with E-state index in [2.05, 4.69) is 9.88 Å². The predicted octanol–water partition coefficient (Wildman–Crippen LogP) is 3.90. The molecule has 6 rings (SSSR count). The van der Waals surface area contributed by atoms with Gasteiger partial charge < -0.3 is 20.1 Å². The molecule has 1 aromatic heterocycles. The van der Waals surface area contributed by atoms with Crippen molar-refractivity contribution >= 4 is 10.9 Å². The summed E-state index contributed by atoms with van der Waals surface area (Å²) < 4.78 is 14.0. The van der Waals surface area contributed by atoms with E-state index in [4.69, 9.17) is 0 Å². The minimum absolute atomic E-state index is 0.231. The Morgan fingerprint density at radius 1 is 1.13 bits per heavy atom. The third kappa shape index (κ3) is 2.72. The summed E-state index contributed by atoms with van der Waals surface area (Å²) in [4.78, 5) is 5.92. The number of piperidine rings is 1. The molecule has 3 N–H and O–H groups in total. The second-order valence-electron chi connectivity index (χ2n) is 9.72. The van der Waals surface area contributed by atoms with Crippen molar-refractivity contribution in [3.05, 3.63) is 65.1 Å². The SMILES string of the molecule is Oc1cccc([C@@]23CCN(CC4CC4)C[C@@]2(O)Cc2c([nH]c4ccc(F)cc24)C3)c1. The van der Waals surface area contributed by atoms with E-state index >= 15 is 0 Å². The summed E-state index contributed by atoms with van der Waals surface area (Å²) in [7, 11) is 0. The summed E-state index contributed by atoms with van der Waals surface area (Å²) in [5.41, 5.74) is 2.59. The molecule has 0 radical (unpaired) electrons. The number of phenols is 1. The van der Waals surface area contributed by atoms with Crippen molar-refractivity contribution in [2.75, 3.05) is 19.6 Å². The van der Waals surface area contributed by atoms with Crippen molar-refractivity contribution in [2.24, 2.45) is 5.92 Å². The second kappa shape index (κ2) is 6.32. The standard InChI is InChI=1S/C25H27FN2O2/c26-18-6-7-22-20(11-18)21-12-25(30)15-28(14-16-4-5-16)9-8-24(25,13-23(21)27-22)17-2-1-3-19(29)10-17/h1-3,6-7,10-11,16,27,29-30H,4-5,8-9,12-15H2/t24-,25-/m0/s1. The molecular weight excluding hydrogens is 379 g/mol. The molecule has 2 atom stereocenters. The summed E-state index contributed by atoms with van der Waals surface area (Å²) in [5, 5.41) is 23.3. The van der Waals surface area contributed by atoms with Crippen LogP contribution in [-0.4, -0.2) is 45.3 Å². The average Bonchev–Trinajstić information content (AvgIpc) is 3.47. The predicted molar refractivity (Wildman–Crippen MR) is 114 cm³/mol. The fourth-order valence-electron chi connectivity index (χ4n) is 6.02. The van der Waals surface area contributed by atoms with Crippen LogP contribution < -0.4 is 0 Å². The Labute approximate surface area is 175 Å². The minimum Gasteiger partial charge on any atom is -0.508 e. The fraction of sp³-hybridized carbons (Fsp3) is 0.440. The van der Waals surface area contributed by atoms with Gasteiger partial charge in [-0.15, -0.1) is 0 Å². The number of nitrogens with zero attached hydrogens (tertiary/aromatic N) is 1. The molecule has 0 bridgehead atoms. The number of rotatable bonds is 3. The number of H-pyrrole nitrogens is 1. The zero-order valence-electron chi connectivity index (χ0n) is 17.0. The Bertz CT molecular complexity index is 1140. The number of nitrogens with one attached hydrogen (secondary N) is 1. The number of hydrogen-bond acceptors (Lipinski definition) is 3. The number of benzene rings is 2. The highest BCUT2D eigenvalue weighted by Gasteiger charge is 2.57. The van der Waals surface area contributed by atoms with Crippen LogP contribution in [0.1, 0.15) is 36.1 Å². The highest BCUT2D eigenvalue weighted by Crippen LogP contribution is 2.52. The van der Waals surface area contributed by atoms with Gasteiger partial charge in [-0.05, 0) is 73.2 Å². The molecule has 2 heterocycles. The molecule has 4 nitrogen and oxygen atoms in total. The molecule has 3 aliphatic rings. The Morgan fingerprint density at radius 2 is 2.00 bits per heavy atom. The van der Waals surface area contributed by atoms with Crippen molar-refractivity contribution in [1.29, 1.82) is 0 Å². The van der Waals surface area contributed by atoms with Gasteiger partial charge in [0.1, 0.15) is 11.6 Å². The molecule has 5 heteroatoms. The van der Waals surface area contributed by atoms with Crippen LogP contribution in [0.5, 0.6) is 5.75 Å². The summed E-state index contributed by atoms with van der Waals surface area (Å²) in [6, 6.07) is 12.3. The molecule has 0 amide bonds. The number of halogens is 1. The van der Waals surface area contributed by atoms with Crippen LogP contribution in [0.25, 0.3) is 10.9 Å². The largest absolute Gasteiger partial charge is 0.508 e. The summed E-state index contributed by atoms with van der Waals surface area (Å²) in [5.74, 6) is 0.748. The lowest BCUT2D eigenvalue weighted by atomic mass is 9.56. The van der Waals surface area contributed by atoms with Crippen LogP contribution in [0, 0.1) is 11.7 Å². The topological polar surface area (TPSA) is 59.5 Å². The van der Waals surface area contributed by atoms with Gasteiger partial charge in [-0.1, -0.05) is 12.1 Å². The molecule has 2 fully saturated rings. The van der Waals surface area contributed by atoms with E-state index in [-0.39, 0.29) is 11.6 Å². The lowest BCUT2D eigenvalue weighted by molar-refractivity contribution is -0.103. The number of phenolic OH excluding ortho intramolecular Hbond substituents is 1. The maximum atomic E-state index is 14.0. The zero-order valence-corrected chi connectivity index (χ0v) is 17.0. The molecule has 30 heavy (non-hydrogen) atoms. The molecule has 2 aromatic carbocycles. The smallest absolute Gasteiger partial charge is 0.123 e. The van der Waals surface area contributed by atoms with Gasteiger partial charge in [-0.3, -0.25) is 0 Å². The van der Waals surface area contributed by atoms with Crippen LogP contribution in [0.4, 0.5) is 4.39 Å². The molecule has 0 unspecified atom stereocenters. The highest BCUT2D eigenvalue weighted by molar-refractivity contribution is 5.85. The normalized spacial score (nSPS) is 29.0. The van der Waals surface area contributed by atoms with E-state index in [0.29, 0.717) is 19.4 Å². The van der Waals surface area contributed by atoms with Crippen molar-refractivity contribution < 1.29 is 14.6 Å². The fourth-order valence-corrected chi connectivity index (χ4v) is 6.02. The highest BCUT2D eigenvalue weighted by atomic mass is 19.1. The van der Waals surface area contributed by atoms with Crippen LogP contribution in [0.2, 0.25) is 0 Å². The number of aromatic nitrogens is 1. The molecule has 156 valence electrons. The molecule has 0 spiro atoms. The third-order valence-electron chi connectivity index (χ3n) is 7.75. The summed E-state index contributed by atoms with van der Waals surface area (Å²) >= 11 is 0. The zero-order chi connectivity index (χ0) is 20.5. The van der Waals surface area contributed by atoms with E-state index < -0.39 is 11.0 Å². The first kappa shape index (κ1) is 18.4. The van der Waals surface area contributed by atoms with Gasteiger partial charge >= 0.3 is 0 Å². The lowest BCUT2D eigenvalue weighted by Crippen LogP contribution is -2.66. The molecule has 1 saturated carbocycles. The van der Waals surface area contributed by atoms with Gasteiger partial charge in [0.05, 0.1) is 5.60 Å². The van der Waals surface area contributed by atoms with Crippen LogP contribution in [-0.2, 0) is 18.3 Å². The van der Waals surface area contributed by atoms with Crippen molar-refractivity contribution in [2.45, 2.75) is 43.1 Å². The molecule has 1 saturated heterocycles. The van der Waals surface area contributed by atoms with Gasteiger partial charge in [-0.2, -0.15) is 0 Å². The third-order valence-corrected chi connectivity index (χ3v) is 7.75. The Morgan fingerprint density at radius 3 is 2.80 bits per heavy atom. The van der Waals surface area contributed by atoms with Gasteiger partial charge in [0.15, 0.2) is 0 Å². The number of aliphatic hydroxyl groups is 1. The number of β-amino-alcohol motifs (C(OH)–C–C–N with tert-alkyl or cyclic N) is 1. The quantitative estimate of drug-likeness (QED) is 0.618. The Hall–Kier alpha value is -2.37. The number of hydrogen-bond donors (Lipinski definition) is 3. The summed E-state index contributed by atoms with van der Waals surface area (Å²) in [6.07, 6.45) is 4.57. The Kier molecular flexibility index (Phi) is 3.87. The van der Waals surface area contributed by atoms with Gasteiger partial charge in [0, 0.05) is 47.9 Å². The monoisotopic (exact) mass is 406 g/mol. The van der Waals surface area contributed by atoms with Gasteiger partial charge in [-0.25, -0.2) is 4.39 Å².